The highest BCUT2D eigenvalue weighted by Crippen LogP contribution is 2.27. The number of aromatic nitrogens is 3. The number of nitrogens with zero attached hydrogens (tertiary/aromatic N) is 3. The molecule has 4 aromatic rings. The van der Waals surface area contributed by atoms with Crippen molar-refractivity contribution in [2.75, 3.05) is 17.7 Å². The Bertz CT molecular complexity index is 1470. The lowest BCUT2D eigenvalue weighted by Gasteiger charge is -2.15. The van der Waals surface area contributed by atoms with Crippen molar-refractivity contribution in [3.63, 3.8) is 0 Å². The van der Waals surface area contributed by atoms with Crippen molar-refractivity contribution >= 4 is 35.1 Å². The van der Waals surface area contributed by atoms with Gasteiger partial charge in [0.1, 0.15) is 11.6 Å². The van der Waals surface area contributed by atoms with E-state index < -0.39 is 17.9 Å². The number of para-hydroxylation sites is 1. The minimum atomic E-state index is -0.577. The molecule has 0 aliphatic heterocycles. The van der Waals surface area contributed by atoms with Gasteiger partial charge in [-0.1, -0.05) is 41.9 Å². The summed E-state index contributed by atoms with van der Waals surface area (Å²) in [7, 11) is 1.78. The fourth-order valence-electron chi connectivity index (χ4n) is 4.48. The molecular weight excluding hydrogens is 504 g/mol. The van der Waals surface area contributed by atoms with Crippen molar-refractivity contribution in [3.05, 3.63) is 89.1 Å². The van der Waals surface area contributed by atoms with Crippen LogP contribution >= 0.6 is 11.6 Å². The van der Waals surface area contributed by atoms with Crippen LogP contribution in [0.2, 0.25) is 5.02 Å². The van der Waals surface area contributed by atoms with Gasteiger partial charge in [-0.15, -0.1) is 0 Å². The second-order valence-electron chi connectivity index (χ2n) is 9.05. The number of carbonyl (C=O) groups is 2. The average Bonchev–Trinajstić information content (AvgIpc) is 3.55. The molecule has 1 saturated carbocycles. The number of halogens is 1. The zero-order chi connectivity index (χ0) is 26.6. The Morgan fingerprint density at radius 3 is 2.55 bits per heavy atom. The third-order valence-electron chi connectivity index (χ3n) is 6.49. The van der Waals surface area contributed by atoms with Gasteiger partial charge in [-0.05, 0) is 55.7 Å². The van der Waals surface area contributed by atoms with Gasteiger partial charge in [0.2, 0.25) is 0 Å². The third kappa shape index (κ3) is 5.39. The Kier molecular flexibility index (Phi) is 7.39. The first-order valence-corrected chi connectivity index (χ1v) is 12.7. The maximum Gasteiger partial charge on any atom is 0.272 e. The maximum atomic E-state index is 13.4. The highest BCUT2D eigenvalue weighted by molar-refractivity contribution is 6.34. The zero-order valence-electron chi connectivity index (χ0n) is 20.7. The van der Waals surface area contributed by atoms with E-state index in [9.17, 15) is 14.7 Å². The summed E-state index contributed by atoms with van der Waals surface area (Å²) >= 11 is 6.42. The summed E-state index contributed by atoms with van der Waals surface area (Å²) in [5.74, 6) is 0.120. The zero-order valence-corrected chi connectivity index (χ0v) is 21.4. The van der Waals surface area contributed by atoms with Gasteiger partial charge in [0.05, 0.1) is 34.1 Å². The third-order valence-corrected chi connectivity index (χ3v) is 6.82. The fourth-order valence-corrected chi connectivity index (χ4v) is 4.68. The van der Waals surface area contributed by atoms with E-state index in [-0.39, 0.29) is 22.3 Å². The number of hydrogen-bond acceptors (Lipinski definition) is 6. The number of hydrogen-bond donors (Lipinski definition) is 4. The molecule has 2 unspecified atom stereocenters. The Hall–Kier alpha value is -4.21. The molecule has 0 bridgehead atoms. The van der Waals surface area contributed by atoms with E-state index in [1.807, 2.05) is 48.5 Å². The van der Waals surface area contributed by atoms with Gasteiger partial charge in [0.15, 0.2) is 5.69 Å². The van der Waals surface area contributed by atoms with Crippen LogP contribution in [0.15, 0.2) is 72.8 Å². The van der Waals surface area contributed by atoms with E-state index in [0.29, 0.717) is 35.9 Å². The molecule has 38 heavy (non-hydrogen) atoms. The van der Waals surface area contributed by atoms with Gasteiger partial charge in [0.25, 0.3) is 11.8 Å². The van der Waals surface area contributed by atoms with E-state index in [2.05, 4.69) is 26.0 Å². The first-order valence-electron chi connectivity index (χ1n) is 12.3. The van der Waals surface area contributed by atoms with Gasteiger partial charge >= 0.3 is 0 Å². The fraction of sp³-hybridized carbons (Fsp3) is 0.214. The van der Waals surface area contributed by atoms with Crippen LogP contribution in [0, 0.1) is 0 Å². The molecule has 1 aliphatic carbocycles. The van der Waals surface area contributed by atoms with Crippen LogP contribution in [0.5, 0.6) is 0 Å². The van der Waals surface area contributed by atoms with Crippen LogP contribution in [0.4, 0.5) is 11.6 Å². The lowest BCUT2D eigenvalue weighted by molar-refractivity contribution is 0.0867. The first kappa shape index (κ1) is 25.4. The van der Waals surface area contributed by atoms with Gasteiger partial charge in [-0.3, -0.25) is 9.59 Å². The molecule has 194 valence electrons. The number of pyridine rings is 1. The molecule has 2 amide bonds. The molecular formula is C28H27ClN6O3. The summed E-state index contributed by atoms with van der Waals surface area (Å²) in [6, 6.07) is 21.1. The lowest BCUT2D eigenvalue weighted by Crippen LogP contribution is -2.40. The standard InChI is InChI=1S/C28H27ClN6O3/c1-30-25-12-6-9-21(31-25)17-13-14-20(29)19(15-17)27(37)33-26-16-23(28(38)32-22-10-5-11-24(22)36)34-35(26)18-7-3-2-4-8-18/h2-4,6-9,12-16,22,24,36H,5,10-11H2,1H3,(H,30,31)(H,32,38)(H,33,37). The molecule has 2 heterocycles. The molecule has 2 aromatic heterocycles. The van der Waals surface area contributed by atoms with Crippen LogP contribution in [-0.4, -0.2) is 50.9 Å². The van der Waals surface area contributed by atoms with Crippen molar-refractivity contribution in [2.45, 2.75) is 31.4 Å². The van der Waals surface area contributed by atoms with Crippen LogP contribution < -0.4 is 16.0 Å². The molecule has 0 radical (unpaired) electrons. The largest absolute Gasteiger partial charge is 0.391 e. The lowest BCUT2D eigenvalue weighted by atomic mass is 10.1. The Morgan fingerprint density at radius 1 is 1.00 bits per heavy atom. The van der Waals surface area contributed by atoms with Crippen LogP contribution in [-0.2, 0) is 0 Å². The van der Waals surface area contributed by atoms with Gasteiger partial charge in [-0.2, -0.15) is 5.10 Å². The van der Waals surface area contributed by atoms with E-state index >= 15 is 0 Å². The number of anilines is 2. The highest BCUT2D eigenvalue weighted by atomic mass is 35.5. The number of aliphatic hydroxyl groups excluding tert-OH is 1. The predicted molar refractivity (Wildman–Crippen MR) is 147 cm³/mol. The van der Waals surface area contributed by atoms with E-state index in [1.165, 1.54) is 10.7 Å². The van der Waals surface area contributed by atoms with Gasteiger partial charge in [0, 0.05) is 18.7 Å². The molecule has 0 spiro atoms. The number of rotatable bonds is 7. The summed E-state index contributed by atoms with van der Waals surface area (Å²) in [5.41, 5.74) is 2.45. The minimum absolute atomic E-state index is 0.121. The quantitative estimate of drug-likeness (QED) is 0.279. The highest BCUT2D eigenvalue weighted by Gasteiger charge is 2.28. The van der Waals surface area contributed by atoms with Crippen molar-refractivity contribution in [1.29, 1.82) is 0 Å². The topological polar surface area (TPSA) is 121 Å². The number of amides is 2. The molecule has 1 aliphatic rings. The molecule has 1 fully saturated rings. The van der Waals surface area contributed by atoms with Crippen molar-refractivity contribution in [2.24, 2.45) is 0 Å². The summed E-state index contributed by atoms with van der Waals surface area (Å²) in [4.78, 5) is 30.9. The molecule has 9 nitrogen and oxygen atoms in total. The summed E-state index contributed by atoms with van der Waals surface area (Å²) in [5, 5.41) is 23.6. The van der Waals surface area contributed by atoms with Crippen LogP contribution in [0.25, 0.3) is 16.9 Å². The Balaban J connectivity index is 1.45. The van der Waals surface area contributed by atoms with E-state index in [0.717, 1.165) is 12.0 Å². The molecule has 0 saturated heterocycles. The van der Waals surface area contributed by atoms with E-state index in [4.69, 9.17) is 11.6 Å². The monoisotopic (exact) mass is 530 g/mol. The predicted octanol–water partition coefficient (Wildman–Crippen LogP) is 4.52. The summed E-state index contributed by atoms with van der Waals surface area (Å²) in [6.07, 6.45) is 1.63. The molecule has 10 heteroatoms. The van der Waals surface area contributed by atoms with E-state index in [1.54, 1.807) is 25.2 Å². The summed E-state index contributed by atoms with van der Waals surface area (Å²) in [6.45, 7) is 0. The average molecular weight is 531 g/mol. The molecule has 2 aromatic carbocycles. The summed E-state index contributed by atoms with van der Waals surface area (Å²) < 4.78 is 1.49. The minimum Gasteiger partial charge on any atom is -0.391 e. The van der Waals surface area contributed by atoms with Crippen LogP contribution in [0.1, 0.15) is 40.1 Å². The number of nitrogens with one attached hydrogen (secondary N) is 3. The van der Waals surface area contributed by atoms with Crippen LogP contribution in [0.3, 0.4) is 0 Å². The van der Waals surface area contributed by atoms with Gasteiger partial charge < -0.3 is 21.1 Å². The normalized spacial score (nSPS) is 16.7. The number of carbonyl (C=O) groups excluding carboxylic acids is 2. The first-order chi connectivity index (χ1) is 18.4. The van der Waals surface area contributed by atoms with Crippen molar-refractivity contribution < 1.29 is 14.7 Å². The molecule has 4 N–H and O–H groups in total. The van der Waals surface area contributed by atoms with Crippen molar-refractivity contribution in [1.82, 2.24) is 20.1 Å². The number of aliphatic hydroxyl groups is 1. The maximum absolute atomic E-state index is 13.4. The second-order valence-corrected chi connectivity index (χ2v) is 9.45. The molecule has 5 rings (SSSR count). The SMILES string of the molecule is CNc1cccc(-c2ccc(Cl)c(C(=O)Nc3cc(C(=O)NC4CCCC4O)nn3-c3ccccc3)c2)n1. The second kappa shape index (κ2) is 11.0. The molecule has 2 atom stereocenters. The van der Waals surface area contributed by atoms with Crippen molar-refractivity contribution in [3.8, 4) is 16.9 Å². The Morgan fingerprint density at radius 2 is 1.82 bits per heavy atom. The smallest absolute Gasteiger partial charge is 0.272 e. The number of benzene rings is 2. The Labute approximate surface area is 224 Å². The van der Waals surface area contributed by atoms with Gasteiger partial charge in [-0.25, -0.2) is 9.67 Å².